The maximum atomic E-state index is 13.9. The normalized spacial score (nSPS) is 15.3. The molecule has 1 aliphatic rings. The van der Waals surface area contributed by atoms with Crippen molar-refractivity contribution in [2.75, 3.05) is 6.54 Å². The number of nitrogens with zero attached hydrogens (tertiary/aromatic N) is 1. The number of hydrogen-bond donors (Lipinski definition) is 2. The number of halogens is 3. The van der Waals surface area contributed by atoms with Crippen LogP contribution < -0.4 is 5.32 Å². The van der Waals surface area contributed by atoms with E-state index >= 15 is 0 Å². The van der Waals surface area contributed by atoms with Gasteiger partial charge in [0.25, 0.3) is 0 Å². The molecule has 32 heavy (non-hydrogen) atoms. The summed E-state index contributed by atoms with van der Waals surface area (Å²) in [6.45, 7) is 0.796. The predicted octanol–water partition coefficient (Wildman–Crippen LogP) is 6.13. The van der Waals surface area contributed by atoms with Gasteiger partial charge in [0.15, 0.2) is 5.58 Å². The molecule has 0 unspecified atom stereocenters. The van der Waals surface area contributed by atoms with Crippen LogP contribution in [0.1, 0.15) is 61.1 Å². The molecule has 1 fully saturated rings. The zero-order chi connectivity index (χ0) is 22.7. The van der Waals surface area contributed by atoms with Crippen molar-refractivity contribution < 1.29 is 27.5 Å². The molecule has 0 saturated heterocycles. The highest BCUT2D eigenvalue weighted by molar-refractivity contribution is 5.77. The Morgan fingerprint density at radius 3 is 2.62 bits per heavy atom. The Hall–Kier alpha value is -2.87. The van der Waals surface area contributed by atoms with Gasteiger partial charge in [-0.05, 0) is 54.2 Å². The van der Waals surface area contributed by atoms with Crippen LogP contribution in [0.4, 0.5) is 13.2 Å². The highest BCUT2D eigenvalue weighted by atomic mass is 19.4. The highest BCUT2D eigenvalue weighted by Crippen LogP contribution is 2.42. The molecule has 2 N–H and O–H groups in total. The third-order valence-electron chi connectivity index (χ3n) is 5.95. The van der Waals surface area contributed by atoms with E-state index in [1.165, 1.54) is 0 Å². The van der Waals surface area contributed by atoms with Crippen LogP contribution >= 0.6 is 0 Å². The van der Waals surface area contributed by atoms with Gasteiger partial charge >= 0.3 is 12.1 Å². The van der Waals surface area contributed by atoms with E-state index in [4.69, 9.17) is 9.52 Å². The van der Waals surface area contributed by atoms with E-state index in [-0.39, 0.29) is 18.2 Å². The summed E-state index contributed by atoms with van der Waals surface area (Å²) in [5.74, 6) is -0.784. The zero-order valence-electron chi connectivity index (χ0n) is 17.5. The summed E-state index contributed by atoms with van der Waals surface area (Å²) in [7, 11) is 0. The molecule has 3 aromatic rings. The Morgan fingerprint density at radius 2 is 1.91 bits per heavy atom. The van der Waals surface area contributed by atoms with Crippen LogP contribution in [0.5, 0.6) is 0 Å². The molecule has 1 aromatic heterocycles. The Morgan fingerprint density at radius 1 is 1.12 bits per heavy atom. The molecule has 2 aromatic carbocycles. The van der Waals surface area contributed by atoms with Crippen molar-refractivity contribution in [1.29, 1.82) is 0 Å². The van der Waals surface area contributed by atoms with Crippen molar-refractivity contribution in [3.8, 4) is 11.5 Å². The van der Waals surface area contributed by atoms with Crippen molar-refractivity contribution in [2.45, 2.75) is 57.2 Å². The zero-order valence-corrected chi connectivity index (χ0v) is 17.5. The molecule has 0 aliphatic heterocycles. The van der Waals surface area contributed by atoms with Crippen molar-refractivity contribution in [3.05, 3.63) is 53.1 Å². The Bertz CT molecular complexity index is 1100. The van der Waals surface area contributed by atoms with Crippen LogP contribution in [0, 0.1) is 0 Å². The second-order valence-electron chi connectivity index (χ2n) is 8.28. The number of nitrogens with one attached hydrogen (secondary N) is 1. The summed E-state index contributed by atoms with van der Waals surface area (Å²) in [5, 5.41) is 11.7. The van der Waals surface area contributed by atoms with Crippen molar-refractivity contribution in [1.82, 2.24) is 10.3 Å². The van der Waals surface area contributed by atoms with E-state index in [1.54, 1.807) is 24.3 Å². The molecule has 1 saturated carbocycles. The number of aliphatic carboxylic acids is 1. The van der Waals surface area contributed by atoms with Crippen LogP contribution in [0.15, 0.2) is 40.8 Å². The minimum absolute atomic E-state index is 0.0226. The lowest BCUT2D eigenvalue weighted by Gasteiger charge is -2.25. The van der Waals surface area contributed by atoms with Gasteiger partial charge in [0.05, 0.1) is 12.0 Å². The Labute approximate surface area is 183 Å². The topological polar surface area (TPSA) is 75.4 Å². The number of rotatable bonds is 7. The number of hydrogen-bond acceptors (Lipinski definition) is 4. The molecule has 4 rings (SSSR count). The van der Waals surface area contributed by atoms with E-state index in [0.717, 1.165) is 43.7 Å². The van der Waals surface area contributed by atoms with Gasteiger partial charge in [-0.2, -0.15) is 13.2 Å². The molecule has 0 spiro atoms. The fourth-order valence-corrected chi connectivity index (χ4v) is 4.34. The summed E-state index contributed by atoms with van der Waals surface area (Å²) in [6, 6.07) is 9.73. The average molecular weight is 446 g/mol. The molecule has 0 amide bonds. The number of benzene rings is 2. The minimum atomic E-state index is -4.44. The van der Waals surface area contributed by atoms with Crippen LogP contribution in [0.2, 0.25) is 0 Å². The van der Waals surface area contributed by atoms with Gasteiger partial charge < -0.3 is 14.8 Å². The SMILES string of the molecule is O=C(O)CCNCc1ccc2oc(-c3ccc(C4CCCCC4)c(C(F)(F)F)c3)nc2c1. The van der Waals surface area contributed by atoms with Crippen molar-refractivity contribution in [3.63, 3.8) is 0 Å². The van der Waals surface area contributed by atoms with E-state index in [0.29, 0.717) is 35.3 Å². The number of carboxylic acids is 1. The van der Waals surface area contributed by atoms with Gasteiger partial charge in [0, 0.05) is 18.7 Å². The number of oxazole rings is 1. The maximum absolute atomic E-state index is 13.9. The fourth-order valence-electron chi connectivity index (χ4n) is 4.34. The Balaban J connectivity index is 1.59. The van der Waals surface area contributed by atoms with E-state index in [2.05, 4.69) is 10.3 Å². The van der Waals surface area contributed by atoms with Crippen molar-refractivity contribution in [2.24, 2.45) is 0 Å². The lowest BCUT2D eigenvalue weighted by atomic mass is 9.81. The molecule has 1 aliphatic carbocycles. The average Bonchev–Trinajstić information content (AvgIpc) is 3.20. The third-order valence-corrected chi connectivity index (χ3v) is 5.95. The van der Waals surface area contributed by atoms with Gasteiger partial charge in [0.1, 0.15) is 5.52 Å². The first-order chi connectivity index (χ1) is 15.3. The van der Waals surface area contributed by atoms with E-state index in [1.807, 2.05) is 6.07 Å². The summed E-state index contributed by atoms with van der Waals surface area (Å²) in [4.78, 5) is 15.0. The molecule has 0 radical (unpaired) electrons. The summed E-state index contributed by atoms with van der Waals surface area (Å²) >= 11 is 0. The number of fused-ring (bicyclic) bond motifs is 1. The van der Waals surface area contributed by atoms with Crippen LogP contribution in [-0.2, 0) is 17.5 Å². The molecule has 0 atom stereocenters. The monoisotopic (exact) mass is 446 g/mol. The summed E-state index contributed by atoms with van der Waals surface area (Å²) in [5.41, 5.74) is 1.97. The van der Waals surface area contributed by atoms with Crippen LogP contribution in [-0.4, -0.2) is 22.6 Å². The van der Waals surface area contributed by atoms with E-state index < -0.39 is 17.7 Å². The number of carboxylic acid groups (broad SMARTS) is 1. The first-order valence-corrected chi connectivity index (χ1v) is 10.8. The summed E-state index contributed by atoms with van der Waals surface area (Å²) in [6.07, 6.45) is 0.155. The van der Waals surface area contributed by atoms with Gasteiger partial charge in [-0.1, -0.05) is 31.4 Å². The lowest BCUT2D eigenvalue weighted by molar-refractivity contribution is -0.138. The molecule has 170 valence electrons. The predicted molar refractivity (Wildman–Crippen MR) is 114 cm³/mol. The summed E-state index contributed by atoms with van der Waals surface area (Å²) < 4.78 is 47.3. The van der Waals surface area contributed by atoms with Gasteiger partial charge in [-0.3, -0.25) is 4.79 Å². The number of carbonyl (C=O) groups is 1. The van der Waals surface area contributed by atoms with Crippen molar-refractivity contribution >= 4 is 17.1 Å². The highest BCUT2D eigenvalue weighted by Gasteiger charge is 2.36. The first kappa shape index (κ1) is 22.3. The lowest BCUT2D eigenvalue weighted by Crippen LogP contribution is -2.17. The molecular weight excluding hydrogens is 421 g/mol. The van der Waals surface area contributed by atoms with E-state index in [9.17, 15) is 18.0 Å². The molecular formula is C24H25F3N2O3. The van der Waals surface area contributed by atoms with Gasteiger partial charge in [-0.15, -0.1) is 0 Å². The second-order valence-corrected chi connectivity index (χ2v) is 8.28. The third kappa shape index (κ3) is 5.12. The van der Waals surface area contributed by atoms with Gasteiger partial charge in [-0.25, -0.2) is 4.98 Å². The molecule has 5 nitrogen and oxygen atoms in total. The maximum Gasteiger partial charge on any atom is 0.416 e. The van der Waals surface area contributed by atoms with Gasteiger partial charge in [0.2, 0.25) is 5.89 Å². The quantitative estimate of drug-likeness (QED) is 0.427. The fraction of sp³-hybridized carbons (Fsp3) is 0.417. The largest absolute Gasteiger partial charge is 0.481 e. The molecule has 0 bridgehead atoms. The van der Waals surface area contributed by atoms with Crippen LogP contribution in [0.25, 0.3) is 22.6 Å². The minimum Gasteiger partial charge on any atom is -0.481 e. The number of alkyl halides is 3. The first-order valence-electron chi connectivity index (χ1n) is 10.8. The smallest absolute Gasteiger partial charge is 0.416 e. The standard InChI is InChI=1S/C24H25F3N2O3/c25-24(26,27)19-13-17(7-8-18(19)16-4-2-1-3-5-16)23-29-20-12-15(6-9-21(20)32-23)14-28-11-10-22(30)31/h6-9,12-13,16,28H,1-5,10-11,14H2,(H,30,31). The number of aromatic nitrogens is 1. The molecule has 1 heterocycles. The Kier molecular flexibility index (Phi) is 6.50. The molecule has 8 heteroatoms. The van der Waals surface area contributed by atoms with Crippen LogP contribution in [0.3, 0.4) is 0 Å². The second kappa shape index (κ2) is 9.32.